The average molecular weight is 551 g/mol. The van der Waals surface area contributed by atoms with Crippen molar-refractivity contribution in [3.63, 3.8) is 0 Å². The third-order valence-electron chi connectivity index (χ3n) is 6.68. The monoisotopic (exact) mass is 550 g/mol. The molecule has 3 aromatic rings. The van der Waals surface area contributed by atoms with Crippen molar-refractivity contribution in [3.05, 3.63) is 101 Å². The number of carboxylic acid groups (broad SMARTS) is 1. The van der Waals surface area contributed by atoms with Crippen molar-refractivity contribution < 1.29 is 29.3 Å². The van der Waals surface area contributed by atoms with Gasteiger partial charge < -0.3 is 30.3 Å². The van der Waals surface area contributed by atoms with Crippen molar-refractivity contribution in [2.24, 2.45) is 5.92 Å². The Labute approximate surface area is 232 Å². The number of nitrogens with one attached hydrogen (secondary N) is 2. The van der Waals surface area contributed by atoms with Gasteiger partial charge in [0.05, 0.1) is 24.4 Å². The molecule has 1 heterocycles. The molecule has 9 heteroatoms. The molecule has 0 aliphatic carbocycles. The van der Waals surface area contributed by atoms with E-state index < -0.39 is 12.3 Å². The summed E-state index contributed by atoms with van der Waals surface area (Å²) in [5.74, 6) is -0.253. The highest BCUT2D eigenvalue weighted by Crippen LogP contribution is 2.43. The summed E-state index contributed by atoms with van der Waals surface area (Å²) in [5, 5.41) is 24.2. The highest BCUT2D eigenvalue weighted by atomic mass is 32.2. The van der Waals surface area contributed by atoms with Gasteiger partial charge in [-0.05, 0) is 47.9 Å². The molecule has 0 spiro atoms. The molecule has 2 amide bonds. The van der Waals surface area contributed by atoms with Crippen molar-refractivity contribution in [1.82, 2.24) is 10.6 Å². The van der Waals surface area contributed by atoms with Crippen LogP contribution in [0.4, 0.5) is 4.79 Å². The van der Waals surface area contributed by atoms with Crippen molar-refractivity contribution >= 4 is 23.8 Å². The van der Waals surface area contributed by atoms with Crippen LogP contribution >= 0.6 is 11.8 Å². The molecular weight excluding hydrogens is 516 g/mol. The zero-order chi connectivity index (χ0) is 27.8. The number of hydrogen-bond acceptors (Lipinski definition) is 6. The lowest BCUT2D eigenvalue weighted by Gasteiger charge is -2.41. The smallest absolute Gasteiger partial charge is 0.335 e. The predicted molar refractivity (Wildman–Crippen MR) is 149 cm³/mol. The first kappa shape index (κ1) is 28.6. The number of ether oxygens (including phenoxy) is 2. The Kier molecular flexibility index (Phi) is 10.00. The SMILES string of the molecule is CCNC(=O)NCc1ccc(C2O[C@H](CSc3ccc(C(=O)O)cc3)[C@H](C)[C@H](c3ccc(CO)cc3)O2)cc1. The van der Waals surface area contributed by atoms with E-state index in [1.807, 2.05) is 67.6 Å². The molecule has 4 N–H and O–H groups in total. The van der Waals surface area contributed by atoms with E-state index >= 15 is 0 Å². The minimum Gasteiger partial charge on any atom is -0.478 e. The molecule has 8 nitrogen and oxygen atoms in total. The number of urea groups is 1. The van der Waals surface area contributed by atoms with Gasteiger partial charge in [-0.3, -0.25) is 0 Å². The summed E-state index contributed by atoms with van der Waals surface area (Å²) in [7, 11) is 0. The lowest BCUT2D eigenvalue weighted by atomic mass is 9.91. The normalized spacial score (nSPS) is 20.8. The van der Waals surface area contributed by atoms with Crippen molar-refractivity contribution in [3.8, 4) is 0 Å². The number of amides is 2. The first-order chi connectivity index (χ1) is 18.9. The summed E-state index contributed by atoms with van der Waals surface area (Å²) in [6.45, 7) is 4.93. The molecule has 1 fully saturated rings. The molecule has 0 bridgehead atoms. The zero-order valence-electron chi connectivity index (χ0n) is 22.0. The minimum atomic E-state index is -0.947. The van der Waals surface area contributed by atoms with Gasteiger partial charge in [-0.15, -0.1) is 11.8 Å². The summed E-state index contributed by atoms with van der Waals surface area (Å²) in [4.78, 5) is 23.9. The molecule has 1 aliphatic heterocycles. The molecular formula is C30H34N2O6S. The molecule has 0 radical (unpaired) electrons. The Hall–Kier alpha value is -3.37. The maximum absolute atomic E-state index is 11.7. The molecule has 0 aromatic heterocycles. The number of aliphatic hydroxyl groups is 1. The van der Waals surface area contributed by atoms with E-state index in [0.29, 0.717) is 18.8 Å². The summed E-state index contributed by atoms with van der Waals surface area (Å²) in [6, 6.07) is 22.2. The van der Waals surface area contributed by atoms with Gasteiger partial charge in [0.2, 0.25) is 0 Å². The third-order valence-corrected chi connectivity index (χ3v) is 7.78. The van der Waals surface area contributed by atoms with Crippen LogP contribution in [0.15, 0.2) is 77.7 Å². The van der Waals surface area contributed by atoms with Crippen LogP contribution < -0.4 is 10.6 Å². The van der Waals surface area contributed by atoms with E-state index in [0.717, 1.165) is 27.1 Å². The number of carboxylic acids is 1. The van der Waals surface area contributed by atoms with E-state index in [1.54, 1.807) is 23.9 Å². The van der Waals surface area contributed by atoms with Gasteiger partial charge in [0.15, 0.2) is 6.29 Å². The Bertz CT molecular complexity index is 1230. The second kappa shape index (κ2) is 13.6. The maximum atomic E-state index is 11.7. The van der Waals surface area contributed by atoms with Gasteiger partial charge in [-0.1, -0.05) is 55.5 Å². The Morgan fingerprint density at radius 2 is 1.51 bits per heavy atom. The molecule has 4 rings (SSSR count). The van der Waals surface area contributed by atoms with Gasteiger partial charge in [0.25, 0.3) is 0 Å². The van der Waals surface area contributed by atoms with Gasteiger partial charge >= 0.3 is 12.0 Å². The summed E-state index contributed by atoms with van der Waals surface area (Å²) in [6.07, 6.45) is -0.959. The molecule has 1 aliphatic rings. The van der Waals surface area contributed by atoms with Crippen molar-refractivity contribution in [2.45, 2.75) is 50.4 Å². The van der Waals surface area contributed by atoms with Crippen molar-refractivity contribution in [2.75, 3.05) is 12.3 Å². The van der Waals surface area contributed by atoms with Crippen LogP contribution in [0.25, 0.3) is 0 Å². The highest BCUT2D eigenvalue weighted by Gasteiger charge is 2.38. The topological polar surface area (TPSA) is 117 Å². The van der Waals surface area contributed by atoms with Gasteiger partial charge in [-0.2, -0.15) is 0 Å². The number of rotatable bonds is 10. The zero-order valence-corrected chi connectivity index (χ0v) is 22.8. The van der Waals surface area contributed by atoms with Crippen LogP contribution in [-0.4, -0.2) is 40.6 Å². The molecule has 1 saturated heterocycles. The van der Waals surface area contributed by atoms with Gasteiger partial charge in [0, 0.05) is 35.2 Å². The molecule has 206 valence electrons. The lowest BCUT2D eigenvalue weighted by molar-refractivity contribution is -0.268. The molecule has 3 aromatic carbocycles. The summed E-state index contributed by atoms with van der Waals surface area (Å²) in [5.41, 5.74) is 3.94. The van der Waals surface area contributed by atoms with E-state index in [1.165, 1.54) is 0 Å². The number of carbonyl (C=O) groups excluding carboxylic acids is 1. The fraction of sp³-hybridized carbons (Fsp3) is 0.333. The first-order valence-corrected chi connectivity index (χ1v) is 13.9. The Morgan fingerprint density at radius 3 is 2.13 bits per heavy atom. The average Bonchev–Trinajstić information content (AvgIpc) is 2.96. The predicted octanol–water partition coefficient (Wildman–Crippen LogP) is 5.28. The fourth-order valence-corrected chi connectivity index (χ4v) is 5.45. The second-order valence-corrected chi connectivity index (χ2v) is 10.5. The highest BCUT2D eigenvalue weighted by molar-refractivity contribution is 7.99. The quantitative estimate of drug-likeness (QED) is 0.254. The number of aliphatic hydroxyl groups excluding tert-OH is 1. The largest absolute Gasteiger partial charge is 0.478 e. The van der Waals surface area contributed by atoms with Crippen LogP contribution in [0.2, 0.25) is 0 Å². The molecule has 0 saturated carbocycles. The second-order valence-electron chi connectivity index (χ2n) is 9.42. The Balaban J connectivity index is 1.50. The van der Waals surface area contributed by atoms with Crippen LogP contribution in [0.1, 0.15) is 58.9 Å². The van der Waals surface area contributed by atoms with Gasteiger partial charge in [0.1, 0.15) is 0 Å². The fourth-order valence-electron chi connectivity index (χ4n) is 4.38. The Morgan fingerprint density at radius 1 is 0.872 bits per heavy atom. The number of carbonyl (C=O) groups is 2. The summed E-state index contributed by atoms with van der Waals surface area (Å²) >= 11 is 1.61. The van der Waals surface area contributed by atoms with Crippen molar-refractivity contribution in [1.29, 1.82) is 0 Å². The number of aromatic carboxylic acids is 1. The standard InChI is InChI=1S/C30H34N2O6S/c1-3-31-30(36)32-16-20-4-10-24(11-5-20)29-37-26(18-39-25-14-12-23(13-15-25)28(34)35)19(2)27(38-29)22-8-6-21(17-33)7-9-22/h4-15,19,26-27,29,33H,3,16-18H2,1-2H3,(H,34,35)(H2,31,32,36)/t19-,26+,27+,29?/m0/s1. The van der Waals surface area contributed by atoms with Crippen LogP contribution in [0.3, 0.4) is 0 Å². The number of hydrogen-bond donors (Lipinski definition) is 4. The van der Waals surface area contributed by atoms with E-state index in [2.05, 4.69) is 17.6 Å². The van der Waals surface area contributed by atoms with E-state index in [4.69, 9.17) is 14.6 Å². The van der Waals surface area contributed by atoms with E-state index in [9.17, 15) is 14.7 Å². The third kappa shape index (κ3) is 7.60. The lowest BCUT2D eigenvalue weighted by Crippen LogP contribution is -2.38. The summed E-state index contributed by atoms with van der Waals surface area (Å²) < 4.78 is 13.0. The van der Waals surface area contributed by atoms with Crippen LogP contribution in [-0.2, 0) is 22.6 Å². The van der Waals surface area contributed by atoms with Crippen LogP contribution in [0.5, 0.6) is 0 Å². The maximum Gasteiger partial charge on any atom is 0.335 e. The molecule has 4 atom stereocenters. The minimum absolute atomic E-state index is 0.0195. The number of thioether (sulfide) groups is 1. The van der Waals surface area contributed by atoms with Crippen LogP contribution in [0, 0.1) is 5.92 Å². The first-order valence-electron chi connectivity index (χ1n) is 12.9. The van der Waals surface area contributed by atoms with E-state index in [-0.39, 0.29) is 36.3 Å². The molecule has 1 unspecified atom stereocenters. The van der Waals surface area contributed by atoms with Gasteiger partial charge in [-0.25, -0.2) is 9.59 Å². The number of benzene rings is 3. The molecule has 39 heavy (non-hydrogen) atoms.